The van der Waals surface area contributed by atoms with Gasteiger partial charge in [0, 0.05) is 50.2 Å². The summed E-state index contributed by atoms with van der Waals surface area (Å²) < 4.78 is 98.1. The summed E-state index contributed by atoms with van der Waals surface area (Å²) in [6, 6.07) is 12.1. The number of alkyl halides is 6. The Balaban J connectivity index is 0.000000237. The number of fused-ring (bicyclic) bond motifs is 2. The molecule has 4 heterocycles. The molecule has 6 N–H and O–H groups in total. The third-order valence-electron chi connectivity index (χ3n) is 6.59. The Morgan fingerprint density at radius 1 is 1.10 bits per heavy atom. The second kappa shape index (κ2) is 20.2. The first-order valence-corrected chi connectivity index (χ1v) is 17.3. The first kappa shape index (κ1) is 46.8. The average Bonchev–Trinajstić information content (AvgIpc) is 3.72. The highest BCUT2D eigenvalue weighted by Crippen LogP contribution is 2.37. The molecule has 1 unspecified atom stereocenters. The van der Waals surface area contributed by atoms with Gasteiger partial charge in [-0.1, -0.05) is 5.10 Å². The van der Waals surface area contributed by atoms with Gasteiger partial charge in [-0.2, -0.15) is 46.5 Å². The monoisotopic (exact) mass is 873 g/mol. The predicted molar refractivity (Wildman–Crippen MR) is 199 cm³/mol. The van der Waals surface area contributed by atoms with Crippen molar-refractivity contribution in [2.45, 2.75) is 37.3 Å². The third kappa shape index (κ3) is 13.5. The van der Waals surface area contributed by atoms with Gasteiger partial charge >= 0.3 is 23.7 Å². The summed E-state index contributed by atoms with van der Waals surface area (Å²) in [6.45, 7) is 2.51. The molecule has 0 amide bonds. The number of halogens is 6. The summed E-state index contributed by atoms with van der Waals surface area (Å²) in [5.74, 6) is -0.123. The lowest BCUT2D eigenvalue weighted by molar-refractivity contribution is -0.142. The zero-order valence-electron chi connectivity index (χ0n) is 30.5. The topological polar surface area (TPSA) is 280 Å². The van der Waals surface area contributed by atoms with Gasteiger partial charge in [-0.05, 0) is 65.1 Å². The molecule has 5 aromatic rings. The van der Waals surface area contributed by atoms with Crippen LogP contribution in [0.15, 0.2) is 82.6 Å². The molecule has 0 saturated heterocycles. The normalized spacial score (nSPS) is 13.3. The van der Waals surface area contributed by atoms with Crippen LogP contribution >= 0.6 is 23.5 Å². The molecule has 0 bridgehead atoms. The number of carboxylic acids is 1. The molecule has 0 spiro atoms. The largest absolute Gasteiger partial charge is 0.481 e. The SMILES string of the molecule is C/C(=N/N=N)Oc1nsc2ccc(N)cc12.CC(=O)O.CN(C)c1nc(C(F)(F)F)cc(=O)o1.N#CCOC1NSc2ccc(-n3c(=O)cc(C(F)(F)F)[nH]c3=O)cc21. The molecular formula is C32H29F6N11O8S2. The minimum Gasteiger partial charge on any atom is -0.481 e. The van der Waals surface area contributed by atoms with E-state index in [1.807, 2.05) is 18.2 Å². The standard InChI is InChI=1S/C14H9F3N4O3S.C9H9N5OS.C7H7F3N2O2.C2H4O2/c15-14(16,17)10-6-11(22)21(13(23)19-10)7-1-2-9-8(5-7)12(20-25-9)24-4-3-18;1-5(12-14-11)15-9-7-4-6(10)2-3-8(7)16-13-9;1-12(2)6-11-4(7(8,9)10)3-5(13)14-6;1-2(3)4/h1-2,5-6,12,20H,4H2,(H,19,23);2-4,11H,10H2,1H3;3H,1-2H3;1H3,(H,3,4)/b;12-5-,14-11?;;. The van der Waals surface area contributed by atoms with E-state index in [2.05, 4.69) is 28.8 Å². The number of rotatable bonds is 6. The van der Waals surface area contributed by atoms with Gasteiger partial charge in [-0.15, -0.1) is 0 Å². The van der Waals surface area contributed by atoms with E-state index in [0.717, 1.165) is 21.9 Å². The molecule has 314 valence electrons. The first-order chi connectivity index (χ1) is 27.5. The van der Waals surface area contributed by atoms with Gasteiger partial charge in [0.15, 0.2) is 5.69 Å². The van der Waals surface area contributed by atoms with Crippen LogP contribution in [-0.4, -0.2) is 56.6 Å². The van der Waals surface area contributed by atoms with Crippen molar-refractivity contribution >= 4 is 57.1 Å². The lowest BCUT2D eigenvalue weighted by Crippen LogP contribution is -2.35. The number of nitrogens with one attached hydrogen (secondary N) is 3. The van der Waals surface area contributed by atoms with Crippen molar-refractivity contribution in [3.63, 3.8) is 0 Å². The molecule has 1 aliphatic heterocycles. The van der Waals surface area contributed by atoms with Gasteiger partial charge in [0.05, 0.1) is 27.9 Å². The van der Waals surface area contributed by atoms with Crippen LogP contribution in [0.1, 0.15) is 37.0 Å². The fourth-order valence-electron chi connectivity index (χ4n) is 4.25. The van der Waals surface area contributed by atoms with Crippen LogP contribution < -0.4 is 37.0 Å². The van der Waals surface area contributed by atoms with Gasteiger partial charge in [0.1, 0.15) is 18.5 Å². The number of anilines is 2. The van der Waals surface area contributed by atoms with Gasteiger partial charge < -0.3 is 34.6 Å². The maximum absolute atomic E-state index is 12.7. The summed E-state index contributed by atoms with van der Waals surface area (Å²) >= 11 is 2.56. The van der Waals surface area contributed by atoms with Gasteiger partial charge in [0.25, 0.3) is 17.5 Å². The van der Waals surface area contributed by atoms with Crippen molar-refractivity contribution in [3.8, 4) is 17.6 Å². The van der Waals surface area contributed by atoms with Crippen molar-refractivity contribution < 1.29 is 50.1 Å². The van der Waals surface area contributed by atoms with Gasteiger partial charge in [0.2, 0.25) is 11.8 Å². The number of nitrogens with two attached hydrogens (primary N) is 1. The van der Waals surface area contributed by atoms with E-state index in [9.17, 15) is 40.7 Å². The zero-order chi connectivity index (χ0) is 44.2. The van der Waals surface area contributed by atoms with Crippen molar-refractivity contribution in [3.05, 3.63) is 96.7 Å². The number of benzene rings is 2. The minimum absolute atomic E-state index is 0.0913. The smallest absolute Gasteiger partial charge is 0.433 e. The molecule has 0 fully saturated rings. The molecule has 1 atom stereocenters. The van der Waals surface area contributed by atoms with E-state index < -0.39 is 52.8 Å². The Morgan fingerprint density at radius 2 is 1.78 bits per heavy atom. The Bertz CT molecular complexity index is 2510. The van der Waals surface area contributed by atoms with Crippen LogP contribution in [0.5, 0.6) is 5.88 Å². The molecule has 0 saturated carbocycles. The second-order valence-electron chi connectivity index (χ2n) is 11.3. The van der Waals surface area contributed by atoms with Crippen LogP contribution in [0.3, 0.4) is 0 Å². The maximum Gasteiger partial charge on any atom is 0.433 e. The van der Waals surface area contributed by atoms with Crippen molar-refractivity contribution in [1.82, 2.24) is 23.6 Å². The molecular weight excluding hydrogens is 845 g/mol. The fraction of sp³-hybridized carbons (Fsp3) is 0.250. The molecule has 1 aliphatic rings. The van der Waals surface area contributed by atoms with Crippen molar-refractivity contribution in [2.24, 2.45) is 10.3 Å². The van der Waals surface area contributed by atoms with Crippen LogP contribution in [0, 0.1) is 16.9 Å². The molecule has 0 radical (unpaired) electrons. The average molecular weight is 874 g/mol. The quantitative estimate of drug-likeness (QED) is 0.0267. The number of carboxylic acid groups (broad SMARTS) is 1. The number of carbonyl (C=O) groups is 1. The number of aliphatic carboxylic acids is 1. The summed E-state index contributed by atoms with van der Waals surface area (Å²) in [5, 5.41) is 23.2. The van der Waals surface area contributed by atoms with E-state index in [1.165, 1.54) is 54.6 Å². The van der Waals surface area contributed by atoms with E-state index in [-0.39, 0.29) is 24.2 Å². The van der Waals surface area contributed by atoms with Crippen LogP contribution in [0.2, 0.25) is 0 Å². The number of nitrogen functional groups attached to an aromatic ring is 1. The molecule has 2 aromatic carbocycles. The summed E-state index contributed by atoms with van der Waals surface area (Å²) in [7, 11) is 2.84. The van der Waals surface area contributed by atoms with E-state index in [1.54, 1.807) is 24.0 Å². The second-order valence-corrected chi connectivity index (χ2v) is 13.0. The number of nitrogens with zero attached hydrogens (tertiary/aromatic N) is 7. The Morgan fingerprint density at radius 3 is 2.36 bits per heavy atom. The van der Waals surface area contributed by atoms with E-state index in [4.69, 9.17) is 35.9 Å². The number of aromatic amines is 1. The summed E-state index contributed by atoms with van der Waals surface area (Å²) in [6.07, 6.45) is -10.1. The van der Waals surface area contributed by atoms with E-state index in [0.29, 0.717) is 33.8 Å². The zero-order valence-corrected chi connectivity index (χ0v) is 32.1. The summed E-state index contributed by atoms with van der Waals surface area (Å²) in [5.41, 5.74) is 7.53. The van der Waals surface area contributed by atoms with Crippen LogP contribution in [-0.2, 0) is 21.9 Å². The van der Waals surface area contributed by atoms with Gasteiger partial charge in [-0.25, -0.2) is 18.9 Å². The summed E-state index contributed by atoms with van der Waals surface area (Å²) in [4.78, 5) is 50.4. The molecule has 59 heavy (non-hydrogen) atoms. The van der Waals surface area contributed by atoms with Crippen LogP contribution in [0.25, 0.3) is 15.8 Å². The maximum atomic E-state index is 12.7. The number of hydrogen-bond acceptors (Lipinski definition) is 17. The molecule has 27 heteroatoms. The Kier molecular flexibility index (Phi) is 16.0. The number of aromatic nitrogens is 4. The number of ether oxygens (including phenoxy) is 2. The Hall–Kier alpha value is -6.63. The molecule has 0 aliphatic carbocycles. The highest BCUT2D eigenvalue weighted by molar-refractivity contribution is 7.97. The fourth-order valence-corrected chi connectivity index (χ4v) is 5.79. The Labute approximate surface area is 334 Å². The molecule has 19 nitrogen and oxygen atoms in total. The first-order valence-electron chi connectivity index (χ1n) is 15.7. The van der Waals surface area contributed by atoms with Crippen molar-refractivity contribution in [2.75, 3.05) is 31.3 Å². The molecule has 3 aromatic heterocycles. The highest BCUT2D eigenvalue weighted by Gasteiger charge is 2.35. The number of hydrogen-bond donors (Lipinski definition) is 5. The van der Waals surface area contributed by atoms with E-state index >= 15 is 0 Å². The third-order valence-corrected chi connectivity index (χ3v) is 8.33. The predicted octanol–water partition coefficient (Wildman–Crippen LogP) is 5.53. The minimum atomic E-state index is -4.83. The van der Waals surface area contributed by atoms with Crippen molar-refractivity contribution in [1.29, 1.82) is 10.8 Å². The lowest BCUT2D eigenvalue weighted by Gasteiger charge is -2.12. The highest BCUT2D eigenvalue weighted by atomic mass is 32.2. The molecule has 6 rings (SSSR count). The van der Waals surface area contributed by atoms with Gasteiger partial charge in [-0.3, -0.25) is 9.59 Å². The number of H-pyrrole nitrogens is 1. The van der Waals surface area contributed by atoms with Crippen LogP contribution in [0.4, 0.5) is 38.0 Å². The lowest BCUT2D eigenvalue weighted by atomic mass is 10.1. The number of nitriles is 1.